The summed E-state index contributed by atoms with van der Waals surface area (Å²) in [4.78, 5) is 26.3. The summed E-state index contributed by atoms with van der Waals surface area (Å²) in [5.41, 5.74) is 0.191. The van der Waals surface area contributed by atoms with E-state index in [1.807, 2.05) is 20.8 Å². The molecule has 8 heteroatoms. The van der Waals surface area contributed by atoms with E-state index >= 15 is 0 Å². The third-order valence-corrected chi connectivity index (χ3v) is 5.63. The van der Waals surface area contributed by atoms with Crippen molar-refractivity contribution in [1.82, 2.24) is 9.62 Å². The van der Waals surface area contributed by atoms with Gasteiger partial charge >= 0.3 is 0 Å². The summed E-state index contributed by atoms with van der Waals surface area (Å²) in [7, 11) is -3.52. The van der Waals surface area contributed by atoms with Crippen LogP contribution in [0.3, 0.4) is 0 Å². The highest BCUT2D eigenvalue weighted by molar-refractivity contribution is 7.89. The molecular formula is C17H25N3O4S. The molecule has 1 aliphatic rings. The van der Waals surface area contributed by atoms with E-state index in [-0.39, 0.29) is 28.7 Å². The van der Waals surface area contributed by atoms with E-state index in [0.717, 1.165) is 0 Å². The molecule has 1 saturated heterocycles. The number of nitrogens with one attached hydrogen (secondary N) is 2. The fraction of sp³-hybridized carbons (Fsp3) is 0.529. The number of carbonyl (C=O) groups is 2. The first-order valence-electron chi connectivity index (χ1n) is 8.25. The van der Waals surface area contributed by atoms with Crippen molar-refractivity contribution < 1.29 is 18.0 Å². The van der Waals surface area contributed by atoms with Gasteiger partial charge in [-0.3, -0.25) is 9.59 Å². The third kappa shape index (κ3) is 4.58. The molecule has 2 rings (SSSR count). The second-order valence-corrected chi connectivity index (χ2v) is 8.86. The minimum atomic E-state index is -3.52. The maximum atomic E-state index is 12.4. The number of benzene rings is 1. The normalized spacial score (nSPS) is 18.5. The third-order valence-electron chi connectivity index (χ3n) is 4.07. The van der Waals surface area contributed by atoms with Crippen LogP contribution in [0.5, 0.6) is 0 Å². The summed E-state index contributed by atoms with van der Waals surface area (Å²) in [5, 5.41) is 2.75. The second-order valence-electron chi connectivity index (χ2n) is 7.09. The Labute approximate surface area is 148 Å². The van der Waals surface area contributed by atoms with Crippen molar-refractivity contribution in [2.45, 2.75) is 44.6 Å². The van der Waals surface area contributed by atoms with Gasteiger partial charge in [-0.25, -0.2) is 13.1 Å². The van der Waals surface area contributed by atoms with Gasteiger partial charge < -0.3 is 10.2 Å². The molecule has 0 bridgehead atoms. The van der Waals surface area contributed by atoms with Gasteiger partial charge in [0.25, 0.3) is 0 Å². The Morgan fingerprint density at radius 1 is 1.24 bits per heavy atom. The number of sulfonamides is 1. The number of carbonyl (C=O) groups excluding carboxylic acids is 2. The maximum Gasteiger partial charge on any atom is 0.240 e. The number of hydrogen-bond acceptors (Lipinski definition) is 4. The minimum absolute atomic E-state index is 0.0280. The average molecular weight is 367 g/mol. The number of amides is 2. The molecule has 1 aromatic carbocycles. The Hall–Kier alpha value is -1.93. The molecule has 0 spiro atoms. The van der Waals surface area contributed by atoms with E-state index in [2.05, 4.69) is 10.0 Å². The zero-order valence-electron chi connectivity index (χ0n) is 15.0. The van der Waals surface area contributed by atoms with Gasteiger partial charge in [-0.2, -0.15) is 0 Å². The highest BCUT2D eigenvalue weighted by atomic mass is 32.2. The van der Waals surface area contributed by atoms with Gasteiger partial charge in [-0.1, -0.05) is 6.92 Å². The average Bonchev–Trinajstić information content (AvgIpc) is 2.90. The predicted molar refractivity (Wildman–Crippen MR) is 95.5 cm³/mol. The van der Waals surface area contributed by atoms with Crippen LogP contribution in [0.2, 0.25) is 0 Å². The van der Waals surface area contributed by atoms with E-state index in [4.69, 9.17) is 0 Å². The Bertz CT molecular complexity index is 751. The van der Waals surface area contributed by atoms with Gasteiger partial charge in [0.1, 0.15) is 0 Å². The molecule has 2 amide bonds. The van der Waals surface area contributed by atoms with Crippen molar-refractivity contribution in [3.05, 3.63) is 24.3 Å². The fourth-order valence-corrected chi connectivity index (χ4v) is 3.81. The van der Waals surface area contributed by atoms with Crippen molar-refractivity contribution in [1.29, 1.82) is 0 Å². The molecule has 1 atom stereocenters. The van der Waals surface area contributed by atoms with Crippen LogP contribution in [-0.4, -0.2) is 43.8 Å². The summed E-state index contributed by atoms with van der Waals surface area (Å²) in [6.45, 7) is 8.22. The Morgan fingerprint density at radius 3 is 2.32 bits per heavy atom. The van der Waals surface area contributed by atoms with E-state index in [1.54, 1.807) is 24.0 Å². The van der Waals surface area contributed by atoms with E-state index in [1.165, 1.54) is 12.1 Å². The van der Waals surface area contributed by atoms with Gasteiger partial charge in [-0.15, -0.1) is 0 Å². The number of likely N-dealkylation sites (tertiary alicyclic amines) is 1. The molecule has 1 unspecified atom stereocenters. The largest absolute Gasteiger partial charge is 0.337 e. The minimum Gasteiger partial charge on any atom is -0.337 e. The quantitative estimate of drug-likeness (QED) is 0.826. The van der Waals surface area contributed by atoms with Gasteiger partial charge in [0, 0.05) is 30.7 Å². The first-order valence-corrected chi connectivity index (χ1v) is 9.74. The van der Waals surface area contributed by atoms with Crippen LogP contribution in [0.4, 0.5) is 5.69 Å². The van der Waals surface area contributed by atoms with Gasteiger partial charge in [0.2, 0.25) is 21.8 Å². The smallest absolute Gasteiger partial charge is 0.240 e. The van der Waals surface area contributed by atoms with Crippen LogP contribution >= 0.6 is 0 Å². The lowest BCUT2D eigenvalue weighted by Crippen LogP contribution is -2.42. The number of nitrogens with zero attached hydrogens (tertiary/aromatic N) is 1. The van der Waals surface area contributed by atoms with Crippen LogP contribution < -0.4 is 10.0 Å². The number of anilines is 1. The van der Waals surface area contributed by atoms with Crippen LogP contribution in [-0.2, 0) is 19.6 Å². The molecule has 25 heavy (non-hydrogen) atoms. The topological polar surface area (TPSA) is 95.6 Å². The van der Waals surface area contributed by atoms with E-state index < -0.39 is 15.9 Å². The van der Waals surface area contributed by atoms with Crippen molar-refractivity contribution in [3.63, 3.8) is 0 Å². The highest BCUT2D eigenvalue weighted by Gasteiger charge is 2.39. The predicted octanol–water partition coefficient (Wildman–Crippen LogP) is 1.57. The summed E-state index contributed by atoms with van der Waals surface area (Å²) >= 11 is 0. The molecule has 0 aromatic heterocycles. The second kappa shape index (κ2) is 7.13. The van der Waals surface area contributed by atoms with Gasteiger partial charge in [-0.05, 0) is 45.0 Å². The zero-order valence-corrected chi connectivity index (χ0v) is 15.8. The first-order chi connectivity index (χ1) is 11.5. The first kappa shape index (κ1) is 19.4. The number of hydrogen-bond donors (Lipinski definition) is 2. The molecule has 1 aromatic rings. The van der Waals surface area contributed by atoms with E-state index in [9.17, 15) is 18.0 Å². The lowest BCUT2D eigenvalue weighted by Gasteiger charge is -2.31. The summed E-state index contributed by atoms with van der Waals surface area (Å²) in [6.07, 6.45) is 0.190. The molecule has 0 saturated carbocycles. The van der Waals surface area contributed by atoms with Crippen molar-refractivity contribution in [3.8, 4) is 0 Å². The zero-order chi connectivity index (χ0) is 18.8. The molecular weight excluding hydrogens is 342 g/mol. The fourth-order valence-electron chi connectivity index (χ4n) is 2.77. The van der Waals surface area contributed by atoms with Crippen LogP contribution in [0.25, 0.3) is 0 Å². The molecule has 1 aliphatic heterocycles. The van der Waals surface area contributed by atoms with Crippen molar-refractivity contribution in [2.75, 3.05) is 18.4 Å². The van der Waals surface area contributed by atoms with E-state index in [0.29, 0.717) is 18.8 Å². The highest BCUT2D eigenvalue weighted by Crippen LogP contribution is 2.26. The van der Waals surface area contributed by atoms with Gasteiger partial charge in [0.05, 0.1) is 10.8 Å². The summed E-state index contributed by atoms with van der Waals surface area (Å²) in [6, 6.07) is 5.96. The monoisotopic (exact) mass is 367 g/mol. The lowest BCUT2D eigenvalue weighted by molar-refractivity contribution is -0.131. The van der Waals surface area contributed by atoms with Gasteiger partial charge in [0.15, 0.2) is 0 Å². The van der Waals surface area contributed by atoms with Crippen LogP contribution in [0.1, 0.15) is 34.1 Å². The standard InChI is InChI=1S/C17H25N3O4S/c1-5-18-25(23,24)14-8-6-13(7-9-14)19-16(22)12-10-15(21)20(11-12)17(2,3)4/h6-9,12,18H,5,10-11H2,1-4H3,(H,19,22). The van der Waals surface area contributed by atoms with Crippen LogP contribution in [0, 0.1) is 5.92 Å². The maximum absolute atomic E-state index is 12.4. The molecule has 7 nitrogen and oxygen atoms in total. The molecule has 0 radical (unpaired) electrons. The summed E-state index contributed by atoms with van der Waals surface area (Å²) in [5.74, 6) is -0.668. The van der Waals surface area contributed by atoms with Crippen molar-refractivity contribution >= 4 is 27.5 Å². The van der Waals surface area contributed by atoms with Crippen molar-refractivity contribution in [2.24, 2.45) is 5.92 Å². The van der Waals surface area contributed by atoms with Crippen LogP contribution in [0.15, 0.2) is 29.2 Å². The Morgan fingerprint density at radius 2 is 1.84 bits per heavy atom. The lowest BCUT2D eigenvalue weighted by atomic mass is 10.1. The molecule has 1 fully saturated rings. The molecule has 138 valence electrons. The molecule has 1 heterocycles. The molecule has 2 N–H and O–H groups in total. The molecule has 0 aliphatic carbocycles. The SMILES string of the molecule is CCNS(=O)(=O)c1ccc(NC(=O)C2CC(=O)N(C(C)(C)C)C2)cc1. The Kier molecular flexibility index (Phi) is 5.53. The number of rotatable bonds is 5. The Balaban J connectivity index is 2.03. The summed E-state index contributed by atoms with van der Waals surface area (Å²) < 4.78 is 26.2.